The number of carbonyl (C=O) groups excluding carboxylic acids is 1. The molecule has 1 unspecified atom stereocenters. The first-order chi connectivity index (χ1) is 7.52. The van der Waals surface area contributed by atoms with Crippen molar-refractivity contribution in [2.45, 2.75) is 13.3 Å². The fraction of sp³-hybridized carbons (Fsp3) is 0.364. The molecule has 1 aromatic rings. The fourth-order valence-corrected chi connectivity index (χ4v) is 1.53. The molecule has 1 rings (SSSR count). The Hall–Kier alpha value is -0.940. The summed E-state index contributed by atoms with van der Waals surface area (Å²) in [5.41, 5.74) is 5.60. The van der Waals surface area contributed by atoms with E-state index in [4.69, 9.17) is 5.73 Å². The maximum Gasteiger partial charge on any atom is 0.224 e. The molecule has 5 heteroatoms. The largest absolute Gasteiger partial charge is 0.330 e. The summed E-state index contributed by atoms with van der Waals surface area (Å²) in [6.07, 6.45) is 0.298. The van der Waals surface area contributed by atoms with Crippen molar-refractivity contribution in [1.82, 2.24) is 0 Å². The minimum Gasteiger partial charge on any atom is -0.330 e. The van der Waals surface area contributed by atoms with Crippen LogP contribution in [0, 0.1) is 11.7 Å². The highest BCUT2D eigenvalue weighted by molar-refractivity contribution is 9.10. The Morgan fingerprint density at radius 1 is 1.62 bits per heavy atom. The predicted octanol–water partition coefficient (Wildman–Crippen LogP) is 2.51. The van der Waals surface area contributed by atoms with Crippen molar-refractivity contribution >= 4 is 27.5 Å². The molecule has 0 aliphatic rings. The molecular weight excluding hydrogens is 275 g/mol. The number of nitrogens with two attached hydrogens (primary N) is 1. The van der Waals surface area contributed by atoms with E-state index in [1.165, 1.54) is 12.1 Å². The quantitative estimate of drug-likeness (QED) is 0.894. The molecule has 3 N–H and O–H groups in total. The van der Waals surface area contributed by atoms with Crippen LogP contribution in [0.3, 0.4) is 0 Å². The number of amides is 1. The van der Waals surface area contributed by atoms with Gasteiger partial charge in [-0.25, -0.2) is 4.39 Å². The molecule has 0 bridgehead atoms. The first kappa shape index (κ1) is 13.1. The van der Waals surface area contributed by atoms with Crippen LogP contribution in [0.2, 0.25) is 0 Å². The highest BCUT2D eigenvalue weighted by Gasteiger charge is 2.10. The molecule has 0 saturated carbocycles. The van der Waals surface area contributed by atoms with Gasteiger partial charge in [0.05, 0.1) is 5.69 Å². The van der Waals surface area contributed by atoms with E-state index < -0.39 is 5.82 Å². The molecule has 1 aromatic carbocycles. The van der Waals surface area contributed by atoms with Crippen molar-refractivity contribution in [3.8, 4) is 0 Å². The van der Waals surface area contributed by atoms with E-state index in [-0.39, 0.29) is 17.5 Å². The van der Waals surface area contributed by atoms with Gasteiger partial charge in [-0.2, -0.15) is 0 Å². The van der Waals surface area contributed by atoms with Crippen LogP contribution in [-0.2, 0) is 4.79 Å². The highest BCUT2D eigenvalue weighted by Crippen LogP contribution is 2.19. The zero-order valence-corrected chi connectivity index (χ0v) is 10.6. The molecular formula is C11H14BrFN2O. The minimum atomic E-state index is -0.455. The summed E-state index contributed by atoms with van der Waals surface area (Å²) in [7, 11) is 0. The third-order valence-corrected chi connectivity index (χ3v) is 2.63. The van der Waals surface area contributed by atoms with E-state index in [1.54, 1.807) is 6.07 Å². The summed E-state index contributed by atoms with van der Waals surface area (Å²) in [5.74, 6) is -0.583. The topological polar surface area (TPSA) is 55.1 Å². The van der Waals surface area contributed by atoms with Gasteiger partial charge in [0.25, 0.3) is 0 Å². The van der Waals surface area contributed by atoms with Gasteiger partial charge in [0.2, 0.25) is 5.91 Å². The average molecular weight is 289 g/mol. The maximum absolute atomic E-state index is 13.4. The lowest BCUT2D eigenvalue weighted by atomic mass is 10.1. The number of hydrogen-bond donors (Lipinski definition) is 2. The Balaban J connectivity index is 2.63. The Morgan fingerprint density at radius 3 is 2.88 bits per heavy atom. The molecule has 0 saturated heterocycles. The zero-order chi connectivity index (χ0) is 12.1. The molecule has 0 fully saturated rings. The first-order valence-corrected chi connectivity index (χ1v) is 5.77. The number of hydrogen-bond acceptors (Lipinski definition) is 2. The second-order valence-corrected chi connectivity index (χ2v) is 4.63. The van der Waals surface area contributed by atoms with E-state index in [1.807, 2.05) is 6.92 Å². The number of halogens is 2. The van der Waals surface area contributed by atoms with E-state index in [9.17, 15) is 9.18 Å². The molecule has 3 nitrogen and oxygen atoms in total. The lowest BCUT2D eigenvalue weighted by Crippen LogP contribution is -2.20. The SMILES string of the molecule is CC(CN)CC(=O)Nc1ccc(Br)cc1F. The van der Waals surface area contributed by atoms with E-state index in [0.29, 0.717) is 17.4 Å². The Kier molecular flexibility index (Phi) is 4.89. The van der Waals surface area contributed by atoms with Gasteiger partial charge in [-0.05, 0) is 30.7 Å². The molecule has 88 valence electrons. The lowest BCUT2D eigenvalue weighted by molar-refractivity contribution is -0.116. The monoisotopic (exact) mass is 288 g/mol. The van der Waals surface area contributed by atoms with Crippen LogP contribution in [-0.4, -0.2) is 12.5 Å². The summed E-state index contributed by atoms with van der Waals surface area (Å²) < 4.78 is 14.0. The Bertz CT molecular complexity index is 384. The van der Waals surface area contributed by atoms with Crippen LogP contribution in [0.4, 0.5) is 10.1 Å². The van der Waals surface area contributed by atoms with Crippen molar-refractivity contribution in [2.24, 2.45) is 11.7 Å². The van der Waals surface area contributed by atoms with Gasteiger partial charge < -0.3 is 11.1 Å². The molecule has 1 atom stereocenters. The minimum absolute atomic E-state index is 0.0958. The molecule has 0 radical (unpaired) electrons. The smallest absolute Gasteiger partial charge is 0.224 e. The van der Waals surface area contributed by atoms with Crippen molar-refractivity contribution in [3.63, 3.8) is 0 Å². The summed E-state index contributed by atoms with van der Waals surface area (Å²) in [5, 5.41) is 2.51. The van der Waals surface area contributed by atoms with Gasteiger partial charge in [-0.3, -0.25) is 4.79 Å². The van der Waals surface area contributed by atoms with Crippen LogP contribution in [0.25, 0.3) is 0 Å². The van der Waals surface area contributed by atoms with Gasteiger partial charge in [0, 0.05) is 10.9 Å². The number of rotatable bonds is 4. The second kappa shape index (κ2) is 5.96. The normalized spacial score (nSPS) is 12.2. The van der Waals surface area contributed by atoms with E-state index in [2.05, 4.69) is 21.2 Å². The van der Waals surface area contributed by atoms with Crippen LogP contribution in [0.1, 0.15) is 13.3 Å². The molecule has 0 aromatic heterocycles. The fourth-order valence-electron chi connectivity index (χ4n) is 1.19. The number of anilines is 1. The zero-order valence-electron chi connectivity index (χ0n) is 8.97. The van der Waals surface area contributed by atoms with Gasteiger partial charge in [-0.15, -0.1) is 0 Å². The number of benzene rings is 1. The van der Waals surface area contributed by atoms with Crippen LogP contribution < -0.4 is 11.1 Å². The lowest BCUT2D eigenvalue weighted by Gasteiger charge is -2.09. The highest BCUT2D eigenvalue weighted by atomic mass is 79.9. The predicted molar refractivity (Wildman–Crippen MR) is 65.6 cm³/mol. The molecule has 16 heavy (non-hydrogen) atoms. The molecule has 1 amide bonds. The van der Waals surface area contributed by atoms with Gasteiger partial charge in [-0.1, -0.05) is 22.9 Å². The summed E-state index contributed by atoms with van der Waals surface area (Å²) in [6.45, 7) is 2.31. The van der Waals surface area contributed by atoms with Gasteiger partial charge in [0.1, 0.15) is 5.82 Å². The molecule has 0 aliphatic carbocycles. The summed E-state index contributed by atoms with van der Waals surface area (Å²) in [6, 6.07) is 4.50. The maximum atomic E-state index is 13.4. The standard InChI is InChI=1S/C11H14BrFN2O/c1-7(6-14)4-11(16)15-10-3-2-8(12)5-9(10)13/h2-3,5,7H,4,6,14H2,1H3,(H,15,16). The van der Waals surface area contributed by atoms with Crippen molar-refractivity contribution in [1.29, 1.82) is 0 Å². The second-order valence-electron chi connectivity index (χ2n) is 3.72. The third kappa shape index (κ3) is 3.90. The van der Waals surface area contributed by atoms with Crippen molar-refractivity contribution in [3.05, 3.63) is 28.5 Å². The summed E-state index contributed by atoms with van der Waals surface area (Å²) in [4.78, 5) is 11.5. The average Bonchev–Trinajstić information content (AvgIpc) is 2.22. The molecule has 0 heterocycles. The van der Waals surface area contributed by atoms with Crippen LogP contribution >= 0.6 is 15.9 Å². The first-order valence-electron chi connectivity index (χ1n) is 4.98. The van der Waals surface area contributed by atoms with Crippen molar-refractivity contribution in [2.75, 3.05) is 11.9 Å². The Labute approximate surface area is 102 Å². The third-order valence-electron chi connectivity index (χ3n) is 2.14. The summed E-state index contributed by atoms with van der Waals surface area (Å²) >= 11 is 3.14. The molecule has 0 aliphatic heterocycles. The van der Waals surface area contributed by atoms with Crippen molar-refractivity contribution < 1.29 is 9.18 Å². The number of carbonyl (C=O) groups is 1. The van der Waals surface area contributed by atoms with E-state index in [0.717, 1.165) is 0 Å². The molecule has 0 spiro atoms. The van der Waals surface area contributed by atoms with Crippen LogP contribution in [0.15, 0.2) is 22.7 Å². The van der Waals surface area contributed by atoms with Crippen LogP contribution in [0.5, 0.6) is 0 Å². The van der Waals surface area contributed by atoms with Gasteiger partial charge >= 0.3 is 0 Å². The Morgan fingerprint density at radius 2 is 2.31 bits per heavy atom. The van der Waals surface area contributed by atoms with Gasteiger partial charge in [0.15, 0.2) is 0 Å². The number of nitrogens with one attached hydrogen (secondary N) is 1. The van der Waals surface area contributed by atoms with E-state index >= 15 is 0 Å².